The van der Waals surface area contributed by atoms with E-state index in [4.69, 9.17) is 10.5 Å². The normalized spacial score (nSPS) is 12.2. The maximum Gasteiger partial charge on any atom is 0.130 e. The molecule has 0 aliphatic carbocycles. The van der Waals surface area contributed by atoms with Crippen LogP contribution in [0.5, 0.6) is 11.5 Å². The largest absolute Gasteiger partial charge is 0.457 e. The molecule has 3 heteroatoms. The van der Waals surface area contributed by atoms with Crippen LogP contribution in [0.1, 0.15) is 30.0 Å². The van der Waals surface area contributed by atoms with Gasteiger partial charge in [0.2, 0.25) is 0 Å². The van der Waals surface area contributed by atoms with Crippen molar-refractivity contribution in [3.05, 3.63) is 57.6 Å². The van der Waals surface area contributed by atoms with Crippen LogP contribution in [-0.2, 0) is 6.42 Å². The van der Waals surface area contributed by atoms with Crippen LogP contribution in [-0.4, -0.2) is 6.04 Å². The number of rotatable bonds is 5. The molecule has 0 fully saturated rings. The van der Waals surface area contributed by atoms with E-state index in [2.05, 4.69) is 54.9 Å². The fourth-order valence-corrected chi connectivity index (χ4v) is 2.38. The molecule has 0 spiro atoms. The molecule has 0 bridgehead atoms. The average Bonchev–Trinajstić information content (AvgIpc) is 2.46. The van der Waals surface area contributed by atoms with Crippen molar-refractivity contribution in [3.8, 4) is 11.5 Å². The summed E-state index contributed by atoms with van der Waals surface area (Å²) in [5.74, 6) is 1.76. The van der Waals surface area contributed by atoms with E-state index < -0.39 is 0 Å². The Kier molecular flexibility index (Phi) is 5.43. The third-order valence-electron chi connectivity index (χ3n) is 3.63. The third kappa shape index (κ3) is 4.32. The van der Waals surface area contributed by atoms with Crippen molar-refractivity contribution < 1.29 is 4.74 Å². The van der Waals surface area contributed by atoms with Gasteiger partial charge in [-0.15, -0.1) is 0 Å². The van der Waals surface area contributed by atoms with Gasteiger partial charge in [0.1, 0.15) is 11.5 Å². The van der Waals surface area contributed by atoms with Gasteiger partial charge in [0.15, 0.2) is 0 Å². The van der Waals surface area contributed by atoms with Gasteiger partial charge in [-0.25, -0.2) is 0 Å². The molecule has 2 N–H and O–H groups in total. The lowest BCUT2D eigenvalue weighted by atomic mass is 10.0. The Morgan fingerprint density at radius 3 is 2.52 bits per heavy atom. The quantitative estimate of drug-likeness (QED) is 0.812. The molecule has 0 radical (unpaired) electrons. The van der Waals surface area contributed by atoms with Crippen LogP contribution in [0.3, 0.4) is 0 Å². The molecular formula is C18H22BrNO. The summed E-state index contributed by atoms with van der Waals surface area (Å²) in [5.41, 5.74) is 9.55. The Balaban J connectivity index is 2.22. The highest BCUT2D eigenvalue weighted by Gasteiger charge is 2.07. The molecule has 0 saturated heterocycles. The second-order valence-corrected chi connectivity index (χ2v) is 6.34. The van der Waals surface area contributed by atoms with Gasteiger partial charge < -0.3 is 10.5 Å². The monoisotopic (exact) mass is 347 g/mol. The highest BCUT2D eigenvalue weighted by Crippen LogP contribution is 2.29. The van der Waals surface area contributed by atoms with Crippen molar-refractivity contribution in [2.45, 2.75) is 39.7 Å². The zero-order valence-electron chi connectivity index (χ0n) is 12.8. The number of ether oxygens (including phenoxy) is 1. The van der Waals surface area contributed by atoms with Crippen molar-refractivity contribution in [3.63, 3.8) is 0 Å². The minimum atomic E-state index is 0.204. The van der Waals surface area contributed by atoms with E-state index in [0.717, 1.165) is 39.9 Å². The molecule has 2 aromatic carbocycles. The first kappa shape index (κ1) is 16.1. The van der Waals surface area contributed by atoms with Crippen LogP contribution in [0.25, 0.3) is 0 Å². The molecule has 0 saturated carbocycles. The molecule has 0 aromatic heterocycles. The molecule has 112 valence electrons. The van der Waals surface area contributed by atoms with Crippen LogP contribution in [0.15, 0.2) is 40.9 Å². The zero-order valence-corrected chi connectivity index (χ0v) is 14.4. The van der Waals surface area contributed by atoms with Crippen LogP contribution < -0.4 is 10.5 Å². The number of hydrogen-bond acceptors (Lipinski definition) is 2. The highest BCUT2D eigenvalue weighted by atomic mass is 79.9. The summed E-state index contributed by atoms with van der Waals surface area (Å²) < 4.78 is 7.13. The second-order valence-electron chi connectivity index (χ2n) is 5.49. The standard InChI is InChI=1S/C18H22BrNO/c1-4-15(20)10-14-6-5-12(2)18(11-14)21-16-7-8-17(19)13(3)9-16/h5-9,11,15H,4,10,20H2,1-3H3. The van der Waals surface area contributed by atoms with E-state index in [1.54, 1.807) is 0 Å². The predicted octanol–water partition coefficient (Wildman–Crippen LogP) is 5.14. The van der Waals surface area contributed by atoms with Crippen LogP contribution in [0.2, 0.25) is 0 Å². The molecule has 0 heterocycles. The number of benzene rings is 2. The Labute approximate surface area is 135 Å². The minimum absolute atomic E-state index is 0.204. The smallest absolute Gasteiger partial charge is 0.130 e. The summed E-state index contributed by atoms with van der Waals surface area (Å²) >= 11 is 3.51. The number of aryl methyl sites for hydroxylation is 2. The van der Waals surface area contributed by atoms with Crippen molar-refractivity contribution in [1.29, 1.82) is 0 Å². The predicted molar refractivity (Wildman–Crippen MR) is 92.1 cm³/mol. The van der Waals surface area contributed by atoms with Gasteiger partial charge in [0.25, 0.3) is 0 Å². The second kappa shape index (κ2) is 7.10. The molecule has 1 unspecified atom stereocenters. The fourth-order valence-electron chi connectivity index (χ4n) is 2.14. The molecular weight excluding hydrogens is 326 g/mol. The molecule has 2 nitrogen and oxygen atoms in total. The van der Waals surface area contributed by atoms with Crippen molar-refractivity contribution >= 4 is 15.9 Å². The molecule has 2 aromatic rings. The van der Waals surface area contributed by atoms with E-state index >= 15 is 0 Å². The Morgan fingerprint density at radius 2 is 1.86 bits per heavy atom. The van der Waals surface area contributed by atoms with Gasteiger partial charge in [-0.1, -0.05) is 35.0 Å². The Bertz CT molecular complexity index is 625. The number of hydrogen-bond donors (Lipinski definition) is 1. The van der Waals surface area contributed by atoms with Gasteiger partial charge in [0.05, 0.1) is 0 Å². The van der Waals surface area contributed by atoms with Gasteiger partial charge in [0, 0.05) is 10.5 Å². The molecule has 0 aliphatic rings. The van der Waals surface area contributed by atoms with Gasteiger partial charge in [-0.2, -0.15) is 0 Å². The van der Waals surface area contributed by atoms with Gasteiger partial charge in [-0.3, -0.25) is 0 Å². The lowest BCUT2D eigenvalue weighted by Gasteiger charge is -2.13. The zero-order chi connectivity index (χ0) is 15.4. The Morgan fingerprint density at radius 1 is 1.10 bits per heavy atom. The molecule has 0 amide bonds. The first-order valence-corrected chi connectivity index (χ1v) is 8.08. The van der Waals surface area contributed by atoms with Crippen LogP contribution in [0, 0.1) is 13.8 Å². The van der Waals surface area contributed by atoms with Crippen molar-refractivity contribution in [2.75, 3.05) is 0 Å². The topological polar surface area (TPSA) is 35.2 Å². The number of nitrogens with two attached hydrogens (primary N) is 1. The van der Waals surface area contributed by atoms with E-state index in [9.17, 15) is 0 Å². The fraction of sp³-hybridized carbons (Fsp3) is 0.333. The van der Waals surface area contributed by atoms with Gasteiger partial charge >= 0.3 is 0 Å². The molecule has 21 heavy (non-hydrogen) atoms. The average molecular weight is 348 g/mol. The highest BCUT2D eigenvalue weighted by molar-refractivity contribution is 9.10. The summed E-state index contributed by atoms with van der Waals surface area (Å²) in [6.07, 6.45) is 1.86. The maximum atomic E-state index is 6.04. The van der Waals surface area contributed by atoms with E-state index in [0.29, 0.717) is 0 Å². The van der Waals surface area contributed by atoms with Crippen molar-refractivity contribution in [1.82, 2.24) is 0 Å². The van der Waals surface area contributed by atoms with E-state index in [1.807, 2.05) is 18.2 Å². The van der Waals surface area contributed by atoms with Crippen LogP contribution >= 0.6 is 15.9 Å². The minimum Gasteiger partial charge on any atom is -0.457 e. The summed E-state index contributed by atoms with van der Waals surface area (Å²) in [5, 5.41) is 0. The molecule has 0 aliphatic heterocycles. The first-order valence-electron chi connectivity index (χ1n) is 7.28. The van der Waals surface area contributed by atoms with Gasteiger partial charge in [-0.05, 0) is 67.6 Å². The summed E-state index contributed by atoms with van der Waals surface area (Å²) in [6, 6.07) is 12.5. The summed E-state index contributed by atoms with van der Waals surface area (Å²) in [4.78, 5) is 0. The number of halogens is 1. The maximum absolute atomic E-state index is 6.04. The lowest BCUT2D eigenvalue weighted by molar-refractivity contribution is 0.477. The summed E-state index contributed by atoms with van der Waals surface area (Å²) in [6.45, 7) is 6.23. The third-order valence-corrected chi connectivity index (χ3v) is 4.52. The molecule has 1 atom stereocenters. The summed E-state index contributed by atoms with van der Waals surface area (Å²) in [7, 11) is 0. The lowest BCUT2D eigenvalue weighted by Crippen LogP contribution is -2.21. The molecule has 2 rings (SSSR count). The van der Waals surface area contributed by atoms with E-state index in [1.165, 1.54) is 5.56 Å². The van der Waals surface area contributed by atoms with E-state index in [-0.39, 0.29) is 6.04 Å². The Hall–Kier alpha value is -1.32. The van der Waals surface area contributed by atoms with Crippen molar-refractivity contribution in [2.24, 2.45) is 5.73 Å². The first-order chi connectivity index (χ1) is 9.99. The van der Waals surface area contributed by atoms with Crippen LogP contribution in [0.4, 0.5) is 0 Å². The SMILES string of the molecule is CCC(N)Cc1ccc(C)c(Oc2ccc(Br)c(C)c2)c1.